The van der Waals surface area contributed by atoms with Crippen molar-refractivity contribution >= 4 is 23.2 Å². The number of alkyl halides is 3. The van der Waals surface area contributed by atoms with Crippen molar-refractivity contribution in [2.75, 3.05) is 26.1 Å². The summed E-state index contributed by atoms with van der Waals surface area (Å²) in [6.45, 7) is -0.491. The molecule has 2 aromatic rings. The molecule has 0 saturated carbocycles. The van der Waals surface area contributed by atoms with Gasteiger partial charge in [0, 0.05) is 12.1 Å². The van der Waals surface area contributed by atoms with Crippen LogP contribution in [-0.2, 0) is 11.0 Å². The van der Waals surface area contributed by atoms with Crippen LogP contribution in [-0.4, -0.2) is 26.7 Å². The van der Waals surface area contributed by atoms with E-state index in [1.807, 2.05) is 0 Å². The second-order valence-electron chi connectivity index (χ2n) is 5.05. The Kier molecular flexibility index (Phi) is 6.20. The van der Waals surface area contributed by atoms with Gasteiger partial charge in [0.2, 0.25) is 0 Å². The van der Waals surface area contributed by atoms with E-state index in [1.54, 1.807) is 0 Å². The van der Waals surface area contributed by atoms with Gasteiger partial charge in [-0.05, 0) is 18.2 Å². The lowest BCUT2D eigenvalue weighted by molar-refractivity contribution is -0.137. The van der Waals surface area contributed by atoms with Crippen molar-refractivity contribution in [2.45, 2.75) is 6.18 Å². The fraction of sp³-hybridized carbons (Fsp3) is 0.235. The zero-order chi connectivity index (χ0) is 19.3. The van der Waals surface area contributed by atoms with Gasteiger partial charge >= 0.3 is 6.18 Å². The number of amides is 1. The van der Waals surface area contributed by atoms with E-state index in [4.69, 9.17) is 25.8 Å². The first kappa shape index (κ1) is 19.7. The third-order valence-corrected chi connectivity index (χ3v) is 3.57. The molecular formula is C17H15ClF3NO4. The fourth-order valence-electron chi connectivity index (χ4n) is 2.06. The van der Waals surface area contributed by atoms with Gasteiger partial charge in [0.15, 0.2) is 6.61 Å². The van der Waals surface area contributed by atoms with E-state index in [1.165, 1.54) is 38.5 Å². The first-order chi connectivity index (χ1) is 12.2. The monoisotopic (exact) mass is 389 g/mol. The topological polar surface area (TPSA) is 56.8 Å². The molecule has 0 heterocycles. The molecule has 0 saturated heterocycles. The zero-order valence-corrected chi connectivity index (χ0v) is 14.6. The second kappa shape index (κ2) is 8.18. The maximum atomic E-state index is 12.7. The molecule has 0 atom stereocenters. The predicted molar refractivity (Wildman–Crippen MR) is 90.1 cm³/mol. The van der Waals surface area contributed by atoms with Gasteiger partial charge in [0.25, 0.3) is 5.91 Å². The van der Waals surface area contributed by atoms with Crippen LogP contribution in [0.1, 0.15) is 5.56 Å². The van der Waals surface area contributed by atoms with E-state index in [2.05, 4.69) is 5.32 Å². The van der Waals surface area contributed by atoms with E-state index >= 15 is 0 Å². The van der Waals surface area contributed by atoms with Crippen LogP contribution in [0.2, 0.25) is 5.02 Å². The number of methoxy groups -OCH3 is 2. The smallest absolute Gasteiger partial charge is 0.416 e. The third-order valence-electron chi connectivity index (χ3n) is 3.28. The first-order valence-electron chi connectivity index (χ1n) is 7.26. The van der Waals surface area contributed by atoms with E-state index < -0.39 is 24.3 Å². The van der Waals surface area contributed by atoms with Crippen LogP contribution in [0, 0.1) is 0 Å². The lowest BCUT2D eigenvalue weighted by Gasteiger charge is -2.14. The molecular weight excluding hydrogens is 375 g/mol. The Labute approximate surface area is 152 Å². The molecule has 0 aliphatic heterocycles. The van der Waals surface area contributed by atoms with Crippen molar-refractivity contribution in [1.29, 1.82) is 0 Å². The summed E-state index contributed by atoms with van der Waals surface area (Å²) in [7, 11) is 2.81. The van der Waals surface area contributed by atoms with Gasteiger partial charge < -0.3 is 19.5 Å². The summed E-state index contributed by atoms with van der Waals surface area (Å²) in [5, 5.41) is 2.82. The molecule has 0 unspecified atom stereocenters. The first-order valence-corrected chi connectivity index (χ1v) is 7.64. The molecule has 2 rings (SSSR count). The molecule has 9 heteroatoms. The number of nitrogens with one attached hydrogen (secondary N) is 1. The number of rotatable bonds is 6. The highest BCUT2D eigenvalue weighted by Gasteiger charge is 2.30. The van der Waals surface area contributed by atoms with E-state index in [9.17, 15) is 18.0 Å². The molecule has 2 aromatic carbocycles. The largest absolute Gasteiger partial charge is 0.495 e. The SMILES string of the molecule is COc1cc(NC(=O)COc2cccc(C(F)(F)F)c2)c(OC)cc1Cl. The number of anilines is 1. The van der Waals surface area contributed by atoms with Crippen molar-refractivity contribution in [1.82, 2.24) is 0 Å². The van der Waals surface area contributed by atoms with Crippen LogP contribution < -0.4 is 19.5 Å². The summed E-state index contributed by atoms with van der Waals surface area (Å²) in [6.07, 6.45) is -4.49. The summed E-state index contributed by atoms with van der Waals surface area (Å²) >= 11 is 5.98. The Morgan fingerprint density at radius 3 is 2.42 bits per heavy atom. The van der Waals surface area contributed by atoms with Crippen LogP contribution in [0.5, 0.6) is 17.2 Å². The summed E-state index contributed by atoms with van der Waals surface area (Å²) in [5.41, 5.74) is -0.578. The van der Waals surface area contributed by atoms with E-state index in [-0.39, 0.29) is 11.4 Å². The van der Waals surface area contributed by atoms with E-state index in [0.29, 0.717) is 16.5 Å². The zero-order valence-electron chi connectivity index (χ0n) is 13.8. The molecule has 1 N–H and O–H groups in total. The molecule has 0 aromatic heterocycles. The maximum Gasteiger partial charge on any atom is 0.416 e. The minimum absolute atomic E-state index is 0.0735. The molecule has 0 aliphatic carbocycles. The molecule has 0 fully saturated rings. The predicted octanol–water partition coefficient (Wildman–Crippen LogP) is 4.39. The highest BCUT2D eigenvalue weighted by molar-refractivity contribution is 6.32. The average Bonchev–Trinajstić information content (AvgIpc) is 2.60. The molecule has 0 aliphatic rings. The Balaban J connectivity index is 2.06. The van der Waals surface area contributed by atoms with Crippen molar-refractivity contribution in [3.05, 3.63) is 47.0 Å². The number of carbonyl (C=O) groups excluding carboxylic acids is 1. The molecule has 1 amide bonds. The molecule has 26 heavy (non-hydrogen) atoms. The highest BCUT2D eigenvalue weighted by atomic mass is 35.5. The van der Waals surface area contributed by atoms with Crippen LogP contribution >= 0.6 is 11.6 Å². The van der Waals surface area contributed by atoms with Gasteiger partial charge in [0.05, 0.1) is 30.5 Å². The molecule has 5 nitrogen and oxygen atoms in total. The van der Waals surface area contributed by atoms with Crippen molar-refractivity contribution in [3.8, 4) is 17.2 Å². The molecule has 0 bridgehead atoms. The molecule has 0 spiro atoms. The number of ether oxygens (including phenoxy) is 3. The summed E-state index contributed by atoms with van der Waals surface area (Å²) in [6, 6.07) is 7.18. The fourth-order valence-corrected chi connectivity index (χ4v) is 2.29. The minimum Gasteiger partial charge on any atom is -0.495 e. The minimum atomic E-state index is -4.49. The Morgan fingerprint density at radius 1 is 1.12 bits per heavy atom. The van der Waals surface area contributed by atoms with Gasteiger partial charge in [-0.15, -0.1) is 0 Å². The lowest BCUT2D eigenvalue weighted by atomic mass is 10.2. The van der Waals surface area contributed by atoms with Gasteiger partial charge in [0.1, 0.15) is 17.2 Å². The van der Waals surface area contributed by atoms with Crippen molar-refractivity contribution in [3.63, 3.8) is 0 Å². The highest BCUT2D eigenvalue weighted by Crippen LogP contribution is 2.36. The maximum absolute atomic E-state index is 12.7. The molecule has 0 radical (unpaired) electrons. The standard InChI is InChI=1S/C17H15ClF3NO4/c1-24-14-8-13(15(25-2)7-12(14)18)22-16(23)9-26-11-5-3-4-10(6-11)17(19,20)21/h3-8H,9H2,1-2H3,(H,22,23). The van der Waals surface area contributed by atoms with Crippen LogP contribution in [0.3, 0.4) is 0 Å². The van der Waals surface area contributed by atoms with Crippen molar-refractivity contribution < 1.29 is 32.2 Å². The lowest BCUT2D eigenvalue weighted by Crippen LogP contribution is -2.20. The number of benzene rings is 2. The van der Waals surface area contributed by atoms with Crippen LogP contribution in [0.4, 0.5) is 18.9 Å². The Morgan fingerprint density at radius 2 is 1.81 bits per heavy atom. The quantitative estimate of drug-likeness (QED) is 0.796. The average molecular weight is 390 g/mol. The van der Waals surface area contributed by atoms with Gasteiger partial charge in [-0.25, -0.2) is 0 Å². The summed E-state index contributed by atoms with van der Waals surface area (Å²) in [5.74, 6) is -0.0505. The molecule has 140 valence electrons. The van der Waals surface area contributed by atoms with Gasteiger partial charge in [-0.2, -0.15) is 13.2 Å². The Hall–Kier alpha value is -2.61. The number of hydrogen-bond donors (Lipinski definition) is 1. The van der Waals surface area contributed by atoms with E-state index in [0.717, 1.165) is 12.1 Å². The number of hydrogen-bond acceptors (Lipinski definition) is 4. The Bertz CT molecular complexity index is 796. The van der Waals surface area contributed by atoms with Crippen LogP contribution in [0.15, 0.2) is 36.4 Å². The normalized spacial score (nSPS) is 11.0. The van der Waals surface area contributed by atoms with Crippen molar-refractivity contribution in [2.24, 2.45) is 0 Å². The summed E-state index contributed by atoms with van der Waals surface area (Å²) < 4.78 is 53.3. The summed E-state index contributed by atoms with van der Waals surface area (Å²) in [4.78, 5) is 12.0. The van der Waals surface area contributed by atoms with Gasteiger partial charge in [-0.1, -0.05) is 17.7 Å². The second-order valence-corrected chi connectivity index (χ2v) is 5.46. The van der Waals surface area contributed by atoms with Gasteiger partial charge in [-0.3, -0.25) is 4.79 Å². The number of halogens is 4. The van der Waals surface area contributed by atoms with Crippen LogP contribution in [0.25, 0.3) is 0 Å². The third kappa shape index (κ3) is 4.95. The number of carbonyl (C=O) groups is 1.